The fourth-order valence-electron chi connectivity index (χ4n) is 10.8. The fraction of sp³-hybridized carbons (Fsp3) is 0.203. The highest BCUT2D eigenvalue weighted by Crippen LogP contribution is 2.42. The molecule has 4 aromatic carbocycles. The van der Waals surface area contributed by atoms with E-state index in [1.165, 1.54) is 0 Å². The van der Waals surface area contributed by atoms with E-state index in [-0.39, 0.29) is 37.0 Å². The average molecular weight is 966 g/mol. The van der Waals surface area contributed by atoms with E-state index in [1.54, 1.807) is 0 Å². The van der Waals surface area contributed by atoms with Crippen LogP contribution in [0.2, 0.25) is 0 Å². The van der Waals surface area contributed by atoms with Gasteiger partial charge >= 0.3 is 0 Å². The van der Waals surface area contributed by atoms with Crippen LogP contribution in [-0.2, 0) is 14.4 Å². The van der Waals surface area contributed by atoms with Gasteiger partial charge < -0.3 is 46.4 Å². The number of benzene rings is 4. The molecule has 364 valence electrons. The van der Waals surface area contributed by atoms with E-state index in [0.29, 0.717) is 65.2 Å². The lowest BCUT2D eigenvalue weighted by atomic mass is 10.0. The van der Waals surface area contributed by atoms with Crippen molar-refractivity contribution >= 4 is 86.8 Å². The molecular formula is C59H55N11O3. The molecule has 7 N–H and O–H groups in total. The van der Waals surface area contributed by atoms with Crippen molar-refractivity contribution in [3.63, 3.8) is 0 Å². The summed E-state index contributed by atoms with van der Waals surface area (Å²) in [5.41, 5.74) is 21.4. The Morgan fingerprint density at radius 1 is 0.356 bits per heavy atom. The smallest absolute Gasteiger partial charge is 0.225 e. The normalized spacial score (nSPS) is 19.1. The van der Waals surface area contributed by atoms with E-state index < -0.39 is 0 Å². The van der Waals surface area contributed by atoms with Gasteiger partial charge in [0.05, 0.1) is 22.8 Å². The number of carbonyl (C=O) groups excluding carboxylic acids is 3. The molecular weight excluding hydrogens is 911 g/mol. The highest BCUT2D eigenvalue weighted by atomic mass is 16.2. The van der Waals surface area contributed by atoms with E-state index in [4.69, 9.17) is 15.7 Å². The second-order valence-electron chi connectivity index (χ2n) is 19.1. The third kappa shape index (κ3) is 9.23. The van der Waals surface area contributed by atoms with Gasteiger partial charge in [0.2, 0.25) is 17.7 Å². The molecule has 3 unspecified atom stereocenters. The Balaban J connectivity index is 1.23. The Kier molecular flexibility index (Phi) is 12.3. The molecule has 14 nitrogen and oxygen atoms in total. The predicted molar refractivity (Wildman–Crippen MR) is 294 cm³/mol. The molecule has 7 aromatic rings. The van der Waals surface area contributed by atoms with E-state index >= 15 is 0 Å². The third-order valence-corrected chi connectivity index (χ3v) is 14.6. The zero-order chi connectivity index (χ0) is 49.4. The second kappa shape index (κ2) is 19.6. The van der Waals surface area contributed by atoms with Crippen LogP contribution in [0.15, 0.2) is 121 Å². The summed E-state index contributed by atoms with van der Waals surface area (Å²) < 4.78 is 0. The minimum atomic E-state index is -0.109. The number of carbonyl (C=O) groups is 3. The number of amides is 3. The van der Waals surface area contributed by atoms with Crippen LogP contribution >= 0.6 is 0 Å². The minimum Gasteiger partial charge on any atom is -0.398 e. The van der Waals surface area contributed by atoms with Crippen LogP contribution in [0.1, 0.15) is 42.0 Å². The number of rotatable bonds is 1. The SMILES string of the molecule is Nc1ccccc1-c1c2nc(c3c4ccc([nH]4)c4c5nc(c(c6ccc1[nH]6)-c1ccccc1NC(=O)CCN1CCN(CCC(=O)Nc6ccccc6-3)CCN(CCC(=O)Nc3ccccc3-4)CC1)C=C5)C=C2. The zero-order valence-electron chi connectivity index (χ0n) is 40.4. The third-order valence-electron chi connectivity index (χ3n) is 14.6. The number of hydrogen-bond acceptors (Lipinski definition) is 9. The molecule has 1 saturated heterocycles. The molecule has 0 radical (unpaired) electrons. The molecule has 14 bridgehead atoms. The number of nitrogen functional groups attached to an aromatic ring is 1. The molecule has 14 heteroatoms. The number of hydrogen-bond donors (Lipinski definition) is 6. The van der Waals surface area contributed by atoms with Crippen molar-refractivity contribution in [3.05, 3.63) is 144 Å². The van der Waals surface area contributed by atoms with Crippen molar-refractivity contribution in [2.75, 3.05) is 80.6 Å². The Labute approximate surface area is 422 Å². The Morgan fingerprint density at radius 2 is 0.644 bits per heavy atom. The van der Waals surface area contributed by atoms with Gasteiger partial charge in [-0.2, -0.15) is 0 Å². The molecule has 0 aliphatic carbocycles. The van der Waals surface area contributed by atoms with Crippen LogP contribution in [0.3, 0.4) is 0 Å². The van der Waals surface area contributed by atoms with Crippen molar-refractivity contribution < 1.29 is 14.4 Å². The highest BCUT2D eigenvalue weighted by Gasteiger charge is 2.25. The predicted octanol–water partition coefficient (Wildman–Crippen LogP) is 9.84. The standard InChI is InChI=1S/C59H55N11O3/c60-41-13-5-1-9-37(41)56-45-17-19-47(61-45)57-38-10-2-6-14-42(38)65-53(71)25-28-68-31-32-69-29-26-54(72)66-43-15-7-3-11-39(43)58(48-20-18-46(56)62-48)50-22-24-52(64-50)59(51-23-21-49(57)63-51)40-12-4-8-16-44(40)67-55(73)27-30-70(35-33-68)36-34-69/h1-24,61,64H,25-36,60H2,(H,65,71)(H,66,72)(H,67,73). The fourth-order valence-corrected chi connectivity index (χ4v) is 10.8. The lowest BCUT2D eigenvalue weighted by molar-refractivity contribution is -0.117. The van der Waals surface area contributed by atoms with Crippen LogP contribution in [0.4, 0.5) is 22.7 Å². The first-order valence-corrected chi connectivity index (χ1v) is 25.2. The molecule has 0 spiro atoms. The van der Waals surface area contributed by atoms with Crippen molar-refractivity contribution in [2.45, 2.75) is 19.3 Å². The van der Waals surface area contributed by atoms with Crippen molar-refractivity contribution in [1.82, 2.24) is 34.6 Å². The van der Waals surface area contributed by atoms with Crippen molar-refractivity contribution in [1.29, 1.82) is 0 Å². The van der Waals surface area contributed by atoms with Crippen molar-refractivity contribution in [2.24, 2.45) is 0 Å². The first-order chi connectivity index (χ1) is 35.8. The lowest BCUT2D eigenvalue weighted by Gasteiger charge is -2.25. The number of nitrogens with one attached hydrogen (secondary N) is 5. The maximum absolute atomic E-state index is 14.3. The number of nitrogens with zero attached hydrogens (tertiary/aromatic N) is 5. The molecule has 8 heterocycles. The largest absolute Gasteiger partial charge is 0.398 e. The Hall–Kier alpha value is -8.43. The molecule has 3 atom stereocenters. The molecule has 3 aromatic heterocycles. The number of aromatic amines is 2. The maximum Gasteiger partial charge on any atom is 0.225 e. The van der Waals surface area contributed by atoms with Gasteiger partial charge in [0.1, 0.15) is 0 Å². The number of para-hydroxylation sites is 4. The topological polar surface area (TPSA) is 180 Å². The Morgan fingerprint density at radius 3 is 0.973 bits per heavy atom. The molecule has 73 heavy (non-hydrogen) atoms. The summed E-state index contributed by atoms with van der Waals surface area (Å²) in [6.45, 7) is 5.93. The van der Waals surface area contributed by atoms with Crippen LogP contribution in [0.5, 0.6) is 0 Å². The summed E-state index contributed by atoms with van der Waals surface area (Å²) in [5.74, 6) is -0.318. The number of fused-ring (bicyclic) bond motifs is 17. The van der Waals surface area contributed by atoms with Crippen LogP contribution in [0, 0.1) is 0 Å². The summed E-state index contributed by atoms with van der Waals surface area (Å²) in [7, 11) is 0. The van der Waals surface area contributed by atoms with Gasteiger partial charge in [0.15, 0.2) is 0 Å². The van der Waals surface area contributed by atoms with E-state index in [2.05, 4.69) is 40.6 Å². The highest BCUT2D eigenvalue weighted by molar-refractivity contribution is 6.06. The van der Waals surface area contributed by atoms with Crippen LogP contribution in [0.25, 0.3) is 90.9 Å². The second-order valence-corrected chi connectivity index (χ2v) is 19.1. The van der Waals surface area contributed by atoms with Crippen molar-refractivity contribution in [3.8, 4) is 44.5 Å². The molecule has 12 rings (SSSR count). The van der Waals surface area contributed by atoms with Gasteiger partial charge in [0, 0.05) is 167 Å². The summed E-state index contributed by atoms with van der Waals surface area (Å²) in [6, 6.07) is 39.6. The van der Waals surface area contributed by atoms with E-state index in [1.807, 2.05) is 146 Å². The minimum absolute atomic E-state index is 0.100. The number of aromatic nitrogens is 4. The van der Waals surface area contributed by atoms with Gasteiger partial charge in [-0.05, 0) is 72.8 Å². The summed E-state index contributed by atoms with van der Waals surface area (Å²) in [6.07, 6.45) is 8.86. The number of anilines is 4. The first-order valence-electron chi connectivity index (χ1n) is 25.2. The first kappa shape index (κ1) is 45.7. The van der Waals surface area contributed by atoms with E-state index in [0.717, 1.165) is 106 Å². The summed E-state index contributed by atoms with van der Waals surface area (Å²) >= 11 is 0. The van der Waals surface area contributed by atoms with Gasteiger partial charge in [-0.3, -0.25) is 14.4 Å². The Bertz CT molecular complexity index is 3520. The molecule has 1 fully saturated rings. The van der Waals surface area contributed by atoms with Gasteiger partial charge in [-0.15, -0.1) is 0 Å². The van der Waals surface area contributed by atoms with Gasteiger partial charge in [-0.1, -0.05) is 72.8 Å². The molecule has 0 saturated carbocycles. The van der Waals surface area contributed by atoms with Gasteiger partial charge in [0.25, 0.3) is 0 Å². The number of H-pyrrole nitrogens is 2. The van der Waals surface area contributed by atoms with E-state index in [9.17, 15) is 14.4 Å². The quantitative estimate of drug-likeness (QED) is 0.0874. The molecule has 3 amide bonds. The zero-order valence-corrected chi connectivity index (χ0v) is 40.4. The van der Waals surface area contributed by atoms with Gasteiger partial charge in [-0.25, -0.2) is 9.97 Å². The summed E-state index contributed by atoms with van der Waals surface area (Å²) in [4.78, 5) is 68.4. The molecule has 5 aliphatic rings. The molecule has 5 aliphatic heterocycles. The lowest BCUT2D eigenvalue weighted by Crippen LogP contribution is -2.38. The average Bonchev–Trinajstić information content (AvgIpc) is 4.25. The maximum atomic E-state index is 14.3. The summed E-state index contributed by atoms with van der Waals surface area (Å²) in [5, 5.41) is 9.96. The monoisotopic (exact) mass is 965 g/mol. The van der Waals surface area contributed by atoms with Crippen LogP contribution < -0.4 is 21.7 Å². The number of nitrogens with two attached hydrogens (primary N) is 1. The van der Waals surface area contributed by atoms with Crippen LogP contribution in [-0.4, -0.2) is 111 Å².